The van der Waals surface area contributed by atoms with Crippen molar-refractivity contribution in [2.24, 2.45) is 0 Å². The molecule has 0 N–H and O–H groups in total. The van der Waals surface area contributed by atoms with Gasteiger partial charge in [0.2, 0.25) is 0 Å². The van der Waals surface area contributed by atoms with Gasteiger partial charge < -0.3 is 0 Å². The van der Waals surface area contributed by atoms with Crippen LogP contribution in [0.3, 0.4) is 0 Å². The molecule has 0 aliphatic heterocycles. The first-order chi connectivity index (χ1) is 11.9. The van der Waals surface area contributed by atoms with E-state index in [0.29, 0.717) is 0 Å². The lowest BCUT2D eigenvalue weighted by atomic mass is 10.1. The van der Waals surface area contributed by atoms with Crippen LogP contribution in [0.25, 0.3) is 10.8 Å². The fourth-order valence-corrected chi connectivity index (χ4v) is 4.21. The molecule has 3 aromatic rings. The van der Waals surface area contributed by atoms with Crippen molar-refractivity contribution in [3.8, 4) is 0 Å². The first kappa shape index (κ1) is 16.9. The van der Waals surface area contributed by atoms with Crippen molar-refractivity contribution in [3.63, 3.8) is 0 Å². The molecular formula is C18H16N2O4S. The Morgan fingerprint density at radius 2 is 1.68 bits per heavy atom. The lowest BCUT2D eigenvalue weighted by Crippen LogP contribution is -2.30. The Kier molecular flexibility index (Phi) is 4.41. The summed E-state index contributed by atoms with van der Waals surface area (Å²) in [6, 6.07) is 18.0. The van der Waals surface area contributed by atoms with E-state index < -0.39 is 14.9 Å². The molecule has 7 heteroatoms. The summed E-state index contributed by atoms with van der Waals surface area (Å²) in [4.78, 5) is 10.6. The molecule has 3 rings (SSSR count). The Bertz CT molecular complexity index is 1050. The van der Waals surface area contributed by atoms with E-state index in [1.807, 2.05) is 24.3 Å². The summed E-state index contributed by atoms with van der Waals surface area (Å²) in [5, 5.41) is 12.7. The smallest absolute Gasteiger partial charge is 0.266 e. The van der Waals surface area contributed by atoms with Crippen LogP contribution in [-0.2, 0) is 10.0 Å². The van der Waals surface area contributed by atoms with Crippen molar-refractivity contribution >= 4 is 32.2 Å². The van der Waals surface area contributed by atoms with Crippen LogP contribution in [0.1, 0.15) is 6.92 Å². The van der Waals surface area contributed by atoms with Crippen molar-refractivity contribution in [2.75, 3.05) is 10.8 Å². The summed E-state index contributed by atoms with van der Waals surface area (Å²) >= 11 is 0. The van der Waals surface area contributed by atoms with Crippen molar-refractivity contribution in [1.29, 1.82) is 0 Å². The number of rotatable bonds is 5. The Morgan fingerprint density at radius 1 is 0.960 bits per heavy atom. The average molecular weight is 356 g/mol. The van der Waals surface area contributed by atoms with Gasteiger partial charge in [0.25, 0.3) is 15.7 Å². The topological polar surface area (TPSA) is 80.5 Å². The third-order valence-electron chi connectivity index (χ3n) is 3.92. The maximum Gasteiger partial charge on any atom is 0.271 e. The highest BCUT2D eigenvalue weighted by Gasteiger charge is 2.25. The number of hydrogen-bond acceptors (Lipinski definition) is 4. The van der Waals surface area contributed by atoms with E-state index in [9.17, 15) is 18.5 Å². The van der Waals surface area contributed by atoms with Gasteiger partial charge in [-0.2, -0.15) is 0 Å². The number of non-ortho nitro benzene ring substituents is 1. The van der Waals surface area contributed by atoms with E-state index in [0.717, 1.165) is 10.8 Å². The van der Waals surface area contributed by atoms with Crippen molar-refractivity contribution < 1.29 is 13.3 Å². The summed E-state index contributed by atoms with van der Waals surface area (Å²) in [5.41, 5.74) is 0.120. The van der Waals surface area contributed by atoms with Gasteiger partial charge in [-0.3, -0.25) is 14.4 Å². The minimum absolute atomic E-state index is 0.148. The van der Waals surface area contributed by atoms with E-state index in [-0.39, 0.29) is 22.8 Å². The molecular weight excluding hydrogens is 340 g/mol. The van der Waals surface area contributed by atoms with Crippen molar-refractivity contribution in [2.45, 2.75) is 11.8 Å². The summed E-state index contributed by atoms with van der Waals surface area (Å²) in [6.07, 6.45) is 0. The van der Waals surface area contributed by atoms with Gasteiger partial charge in [0.05, 0.1) is 15.5 Å². The molecule has 0 aromatic heterocycles. The molecule has 0 spiro atoms. The number of nitrogens with zero attached hydrogens (tertiary/aromatic N) is 2. The highest BCUT2D eigenvalue weighted by Crippen LogP contribution is 2.28. The zero-order chi connectivity index (χ0) is 18.0. The predicted molar refractivity (Wildman–Crippen MR) is 97.3 cm³/mol. The molecule has 0 radical (unpaired) electrons. The van der Waals surface area contributed by atoms with Crippen LogP contribution in [0.2, 0.25) is 0 Å². The summed E-state index contributed by atoms with van der Waals surface area (Å²) < 4.78 is 27.3. The fraction of sp³-hybridized carbons (Fsp3) is 0.111. The molecule has 0 fully saturated rings. The Labute approximate surface area is 145 Å². The lowest BCUT2D eigenvalue weighted by Gasteiger charge is -2.23. The van der Waals surface area contributed by atoms with E-state index in [1.54, 1.807) is 31.2 Å². The number of benzene rings is 3. The summed E-state index contributed by atoms with van der Waals surface area (Å²) in [5.74, 6) is 0. The zero-order valence-corrected chi connectivity index (χ0v) is 14.3. The monoisotopic (exact) mass is 356 g/mol. The first-order valence-corrected chi connectivity index (χ1v) is 9.13. The van der Waals surface area contributed by atoms with Gasteiger partial charge in [0, 0.05) is 18.7 Å². The number of fused-ring (bicyclic) bond motifs is 1. The minimum Gasteiger partial charge on any atom is -0.266 e. The van der Waals surface area contributed by atoms with Crippen LogP contribution in [0.4, 0.5) is 11.4 Å². The maximum atomic E-state index is 13.0. The van der Waals surface area contributed by atoms with Crippen molar-refractivity contribution in [3.05, 3.63) is 76.8 Å². The molecule has 128 valence electrons. The SMILES string of the molecule is CCN(c1cccc([N+](=O)[O-])c1)S(=O)(=O)c1ccc2ccccc2c1. The van der Waals surface area contributed by atoms with E-state index in [4.69, 9.17) is 0 Å². The molecule has 0 aliphatic rings. The highest BCUT2D eigenvalue weighted by atomic mass is 32.2. The van der Waals surface area contributed by atoms with Crippen LogP contribution in [-0.4, -0.2) is 19.9 Å². The molecule has 6 nitrogen and oxygen atoms in total. The quantitative estimate of drug-likeness (QED) is 0.512. The van der Waals surface area contributed by atoms with Gasteiger partial charge in [-0.25, -0.2) is 8.42 Å². The molecule has 3 aromatic carbocycles. The van der Waals surface area contributed by atoms with Crippen LogP contribution >= 0.6 is 0 Å². The predicted octanol–water partition coefficient (Wildman–Crippen LogP) is 3.96. The molecule has 0 atom stereocenters. The summed E-state index contributed by atoms with van der Waals surface area (Å²) in [6.45, 7) is 1.85. The summed E-state index contributed by atoms with van der Waals surface area (Å²) in [7, 11) is -3.83. The van der Waals surface area contributed by atoms with E-state index in [1.165, 1.54) is 22.5 Å². The number of nitro benzene ring substituents is 1. The zero-order valence-electron chi connectivity index (χ0n) is 13.5. The van der Waals surface area contributed by atoms with Crippen LogP contribution < -0.4 is 4.31 Å². The number of hydrogen-bond donors (Lipinski definition) is 0. The van der Waals surface area contributed by atoms with Gasteiger partial charge in [-0.1, -0.05) is 36.4 Å². The molecule has 0 unspecified atom stereocenters. The number of anilines is 1. The second kappa shape index (κ2) is 6.52. The molecule has 0 bridgehead atoms. The van der Waals surface area contributed by atoms with Gasteiger partial charge in [-0.05, 0) is 35.9 Å². The van der Waals surface area contributed by atoms with Gasteiger partial charge in [0.1, 0.15) is 0 Å². The second-order valence-electron chi connectivity index (χ2n) is 5.46. The van der Waals surface area contributed by atoms with E-state index in [2.05, 4.69) is 0 Å². The standard InChI is InChI=1S/C18H16N2O4S/c1-2-19(16-8-5-9-17(13-16)20(21)22)25(23,24)18-11-10-14-6-3-4-7-15(14)12-18/h3-13H,2H2,1H3. The largest absolute Gasteiger partial charge is 0.271 e. The molecule has 0 amide bonds. The Morgan fingerprint density at radius 3 is 2.36 bits per heavy atom. The van der Waals surface area contributed by atoms with Crippen LogP contribution in [0.5, 0.6) is 0 Å². The van der Waals surface area contributed by atoms with Gasteiger partial charge in [0.15, 0.2) is 0 Å². The van der Waals surface area contributed by atoms with Gasteiger partial charge >= 0.3 is 0 Å². The number of sulfonamides is 1. The van der Waals surface area contributed by atoms with E-state index >= 15 is 0 Å². The normalized spacial score (nSPS) is 11.4. The Balaban J connectivity index is 2.09. The van der Waals surface area contributed by atoms with Crippen molar-refractivity contribution in [1.82, 2.24) is 0 Å². The molecule has 0 saturated carbocycles. The number of nitro groups is 1. The Hall–Kier alpha value is -2.93. The molecule has 0 heterocycles. The fourth-order valence-electron chi connectivity index (χ4n) is 2.71. The van der Waals surface area contributed by atoms with Crippen LogP contribution in [0, 0.1) is 10.1 Å². The first-order valence-electron chi connectivity index (χ1n) is 7.69. The maximum absolute atomic E-state index is 13.0. The molecule has 0 saturated heterocycles. The van der Waals surface area contributed by atoms with Gasteiger partial charge in [-0.15, -0.1) is 0 Å². The molecule has 0 aliphatic carbocycles. The third-order valence-corrected chi connectivity index (χ3v) is 5.82. The third kappa shape index (κ3) is 3.18. The molecule has 25 heavy (non-hydrogen) atoms. The van der Waals surface area contributed by atoms with Crippen LogP contribution in [0.15, 0.2) is 71.6 Å². The lowest BCUT2D eigenvalue weighted by molar-refractivity contribution is -0.384. The minimum atomic E-state index is -3.83. The highest BCUT2D eigenvalue weighted by molar-refractivity contribution is 7.92. The second-order valence-corrected chi connectivity index (χ2v) is 7.32. The average Bonchev–Trinajstić information content (AvgIpc) is 2.62.